The van der Waals surface area contributed by atoms with Crippen LogP contribution in [0.1, 0.15) is 35.5 Å². The maximum Gasteiger partial charge on any atom is 0.293 e. The molecule has 7 heteroatoms. The minimum absolute atomic E-state index is 0.0826. The number of benzene rings is 1. The third-order valence-electron chi connectivity index (χ3n) is 4.03. The number of furan rings is 1. The topological polar surface area (TPSA) is 85.0 Å². The predicted octanol–water partition coefficient (Wildman–Crippen LogP) is 2.92. The van der Waals surface area contributed by atoms with Gasteiger partial charge in [0.2, 0.25) is 5.95 Å². The molecule has 1 aliphatic rings. The average molecular weight is 323 g/mol. The van der Waals surface area contributed by atoms with Gasteiger partial charge in [-0.3, -0.25) is 10.1 Å². The van der Waals surface area contributed by atoms with Gasteiger partial charge in [0, 0.05) is 6.04 Å². The Morgan fingerprint density at radius 3 is 2.88 bits per heavy atom. The summed E-state index contributed by atoms with van der Waals surface area (Å²) in [6.45, 7) is 2.11. The summed E-state index contributed by atoms with van der Waals surface area (Å²) in [5.74, 6) is 0.766. The zero-order chi connectivity index (χ0) is 16.5. The first-order chi connectivity index (χ1) is 11.7. The fraction of sp³-hybridized carbons (Fsp3) is 0.235. The van der Waals surface area contributed by atoms with E-state index in [2.05, 4.69) is 39.8 Å². The lowest BCUT2D eigenvalue weighted by Crippen LogP contribution is -2.31. The molecule has 0 unspecified atom stereocenters. The molecular weight excluding hydrogens is 306 g/mol. The van der Waals surface area contributed by atoms with Crippen molar-refractivity contribution >= 4 is 17.8 Å². The van der Waals surface area contributed by atoms with Crippen molar-refractivity contribution < 1.29 is 9.21 Å². The standard InChI is InChI=1S/C17H17N5O2/c1-11-10-13(12-6-3-2-4-7-12)22-17(18-11)20-16(21-22)19-15(23)14-8-5-9-24-14/h2-9,11,13H,10H2,1H3,(H2,18,19,20,21,23)/t11-,13+/m1/s1. The Bertz CT molecular complexity index is 841. The van der Waals surface area contributed by atoms with Crippen LogP contribution in [0.4, 0.5) is 11.9 Å². The third kappa shape index (κ3) is 2.64. The molecule has 4 rings (SSSR count). The summed E-state index contributed by atoms with van der Waals surface area (Å²) >= 11 is 0. The molecule has 0 spiro atoms. The van der Waals surface area contributed by atoms with Crippen LogP contribution >= 0.6 is 0 Å². The van der Waals surface area contributed by atoms with Crippen molar-refractivity contribution in [2.45, 2.75) is 25.4 Å². The first-order valence-corrected chi connectivity index (χ1v) is 7.83. The summed E-state index contributed by atoms with van der Waals surface area (Å²) in [6, 6.07) is 13.8. The van der Waals surface area contributed by atoms with E-state index < -0.39 is 0 Å². The van der Waals surface area contributed by atoms with E-state index in [4.69, 9.17) is 4.42 Å². The van der Waals surface area contributed by atoms with Gasteiger partial charge in [-0.05, 0) is 31.0 Å². The number of carbonyl (C=O) groups excluding carboxylic acids is 1. The van der Waals surface area contributed by atoms with Crippen LogP contribution in [0.3, 0.4) is 0 Å². The van der Waals surface area contributed by atoms with Crippen LogP contribution in [-0.4, -0.2) is 26.7 Å². The van der Waals surface area contributed by atoms with Gasteiger partial charge in [0.25, 0.3) is 11.9 Å². The van der Waals surface area contributed by atoms with E-state index in [1.54, 1.807) is 12.1 Å². The van der Waals surface area contributed by atoms with Crippen LogP contribution in [0.2, 0.25) is 0 Å². The Labute approximate surface area is 138 Å². The molecular formula is C17H17N5O2. The fourth-order valence-electron chi connectivity index (χ4n) is 2.93. The Hall–Kier alpha value is -3.09. The second-order valence-electron chi connectivity index (χ2n) is 5.84. The molecule has 1 aromatic carbocycles. The predicted molar refractivity (Wildman–Crippen MR) is 89.0 cm³/mol. The molecule has 1 aliphatic heterocycles. The molecule has 24 heavy (non-hydrogen) atoms. The van der Waals surface area contributed by atoms with E-state index in [-0.39, 0.29) is 29.7 Å². The SMILES string of the molecule is C[C@@H]1C[C@@H](c2ccccc2)n2nc(NC(=O)c3ccco3)nc2N1. The monoisotopic (exact) mass is 323 g/mol. The van der Waals surface area contributed by atoms with Crippen molar-refractivity contribution in [3.8, 4) is 0 Å². The Balaban J connectivity index is 1.63. The molecule has 1 amide bonds. The number of amides is 1. The van der Waals surface area contributed by atoms with Crippen molar-refractivity contribution in [2.24, 2.45) is 0 Å². The van der Waals surface area contributed by atoms with Gasteiger partial charge in [0.15, 0.2) is 5.76 Å². The quantitative estimate of drug-likeness (QED) is 0.774. The zero-order valence-electron chi connectivity index (χ0n) is 13.1. The Morgan fingerprint density at radius 2 is 2.12 bits per heavy atom. The normalized spacial score (nSPS) is 19.4. The minimum Gasteiger partial charge on any atom is -0.459 e. The highest BCUT2D eigenvalue weighted by atomic mass is 16.3. The van der Waals surface area contributed by atoms with E-state index in [1.807, 2.05) is 22.9 Å². The molecule has 0 radical (unpaired) electrons. The second-order valence-corrected chi connectivity index (χ2v) is 5.84. The van der Waals surface area contributed by atoms with Crippen molar-refractivity contribution in [1.82, 2.24) is 14.8 Å². The number of hydrogen-bond donors (Lipinski definition) is 2. The number of hydrogen-bond acceptors (Lipinski definition) is 5. The van der Waals surface area contributed by atoms with Gasteiger partial charge in [-0.2, -0.15) is 4.98 Å². The molecule has 3 aromatic rings. The number of aromatic nitrogens is 3. The van der Waals surface area contributed by atoms with Gasteiger partial charge in [0.05, 0.1) is 12.3 Å². The number of fused-ring (bicyclic) bond motifs is 1. The van der Waals surface area contributed by atoms with Gasteiger partial charge < -0.3 is 9.73 Å². The maximum absolute atomic E-state index is 12.1. The van der Waals surface area contributed by atoms with Crippen molar-refractivity contribution in [3.05, 3.63) is 60.1 Å². The van der Waals surface area contributed by atoms with E-state index in [1.165, 1.54) is 11.8 Å². The highest BCUT2D eigenvalue weighted by molar-refractivity contribution is 6.01. The number of anilines is 2. The van der Waals surface area contributed by atoms with Crippen LogP contribution in [0.25, 0.3) is 0 Å². The lowest BCUT2D eigenvalue weighted by atomic mass is 9.99. The van der Waals surface area contributed by atoms with E-state index in [0.29, 0.717) is 5.95 Å². The van der Waals surface area contributed by atoms with Crippen LogP contribution in [-0.2, 0) is 0 Å². The Kier molecular flexibility index (Phi) is 3.53. The highest BCUT2D eigenvalue weighted by Crippen LogP contribution is 2.31. The molecule has 0 bridgehead atoms. The maximum atomic E-state index is 12.1. The van der Waals surface area contributed by atoms with Gasteiger partial charge in [-0.15, -0.1) is 5.10 Å². The van der Waals surface area contributed by atoms with Gasteiger partial charge >= 0.3 is 0 Å². The lowest BCUT2D eigenvalue weighted by molar-refractivity contribution is 0.0995. The molecule has 2 atom stereocenters. The van der Waals surface area contributed by atoms with Gasteiger partial charge in [-0.1, -0.05) is 30.3 Å². The van der Waals surface area contributed by atoms with Gasteiger partial charge in [0.1, 0.15) is 0 Å². The number of nitrogens with one attached hydrogen (secondary N) is 2. The number of nitrogens with zero attached hydrogens (tertiary/aromatic N) is 3. The summed E-state index contributed by atoms with van der Waals surface area (Å²) in [4.78, 5) is 16.5. The van der Waals surface area contributed by atoms with Gasteiger partial charge in [-0.25, -0.2) is 4.68 Å². The van der Waals surface area contributed by atoms with Crippen LogP contribution in [0, 0.1) is 0 Å². The van der Waals surface area contributed by atoms with E-state index in [0.717, 1.165) is 6.42 Å². The molecule has 2 aromatic heterocycles. The molecule has 0 saturated heterocycles. The molecule has 0 saturated carbocycles. The van der Waals surface area contributed by atoms with Crippen LogP contribution in [0.15, 0.2) is 53.1 Å². The van der Waals surface area contributed by atoms with Crippen molar-refractivity contribution in [1.29, 1.82) is 0 Å². The molecule has 7 nitrogen and oxygen atoms in total. The summed E-state index contributed by atoms with van der Waals surface area (Å²) < 4.78 is 6.91. The Morgan fingerprint density at radius 1 is 1.29 bits per heavy atom. The largest absolute Gasteiger partial charge is 0.459 e. The summed E-state index contributed by atoms with van der Waals surface area (Å²) in [5.41, 5.74) is 1.17. The minimum atomic E-state index is -0.368. The summed E-state index contributed by atoms with van der Waals surface area (Å²) in [6.07, 6.45) is 2.35. The number of rotatable bonds is 3. The van der Waals surface area contributed by atoms with Crippen molar-refractivity contribution in [2.75, 3.05) is 10.6 Å². The second kappa shape index (κ2) is 5.84. The summed E-state index contributed by atoms with van der Waals surface area (Å²) in [7, 11) is 0. The zero-order valence-corrected chi connectivity index (χ0v) is 13.1. The molecule has 2 N–H and O–H groups in total. The highest BCUT2D eigenvalue weighted by Gasteiger charge is 2.28. The van der Waals surface area contributed by atoms with Crippen LogP contribution < -0.4 is 10.6 Å². The van der Waals surface area contributed by atoms with Crippen molar-refractivity contribution in [3.63, 3.8) is 0 Å². The summed E-state index contributed by atoms with van der Waals surface area (Å²) in [5, 5.41) is 10.4. The molecule has 0 aliphatic carbocycles. The fourth-order valence-corrected chi connectivity index (χ4v) is 2.93. The lowest BCUT2D eigenvalue weighted by Gasteiger charge is -2.29. The molecule has 3 heterocycles. The molecule has 122 valence electrons. The van der Waals surface area contributed by atoms with E-state index in [9.17, 15) is 4.79 Å². The smallest absolute Gasteiger partial charge is 0.293 e. The van der Waals surface area contributed by atoms with E-state index >= 15 is 0 Å². The molecule has 0 fully saturated rings. The first-order valence-electron chi connectivity index (χ1n) is 7.83. The number of carbonyl (C=O) groups is 1. The third-order valence-corrected chi connectivity index (χ3v) is 4.03. The van der Waals surface area contributed by atoms with Crippen LogP contribution in [0.5, 0.6) is 0 Å². The average Bonchev–Trinajstić information content (AvgIpc) is 3.24. The first kappa shape index (κ1) is 14.5.